The molecule has 0 radical (unpaired) electrons. The van der Waals surface area contributed by atoms with Gasteiger partial charge in [0.2, 0.25) is 5.91 Å². The number of nitrogens with one attached hydrogen (secondary N) is 1. The number of fused-ring (bicyclic) bond motifs is 1. The van der Waals surface area contributed by atoms with Gasteiger partial charge in [0.25, 0.3) is 5.91 Å². The number of aromatic carboxylic acids is 1. The first-order chi connectivity index (χ1) is 13.0. The van der Waals surface area contributed by atoms with Crippen LogP contribution >= 0.6 is 0 Å². The fourth-order valence-corrected chi connectivity index (χ4v) is 2.77. The third-order valence-electron chi connectivity index (χ3n) is 4.17. The molecule has 0 saturated heterocycles. The molecule has 0 aliphatic heterocycles. The Labute approximate surface area is 154 Å². The zero-order chi connectivity index (χ0) is 19.4. The number of hydrogen-bond acceptors (Lipinski definition) is 4. The predicted octanol–water partition coefficient (Wildman–Crippen LogP) is 1.76. The Hall–Kier alpha value is -3.74. The molecule has 0 saturated carbocycles. The first-order valence-electron chi connectivity index (χ1n) is 8.22. The lowest BCUT2D eigenvalue weighted by atomic mass is 10.0. The maximum absolute atomic E-state index is 12.7. The number of benzene rings is 2. The van der Waals surface area contributed by atoms with Gasteiger partial charge in [0.05, 0.1) is 16.6 Å². The van der Waals surface area contributed by atoms with Crippen molar-refractivity contribution in [3.05, 3.63) is 77.5 Å². The monoisotopic (exact) mass is 363 g/mol. The third kappa shape index (κ3) is 4.09. The van der Waals surface area contributed by atoms with Crippen LogP contribution in [-0.4, -0.2) is 33.9 Å². The number of carboxylic acids is 1. The summed E-state index contributed by atoms with van der Waals surface area (Å²) in [5, 5.41) is 12.4. The topological polar surface area (TPSA) is 122 Å². The molecule has 0 aliphatic carbocycles. The number of amides is 2. The smallest absolute Gasteiger partial charge is 0.335 e. The van der Waals surface area contributed by atoms with Gasteiger partial charge in [-0.2, -0.15) is 0 Å². The second-order valence-electron chi connectivity index (χ2n) is 6.02. The number of carboxylic acid groups (broad SMARTS) is 1. The molecule has 1 atom stereocenters. The van der Waals surface area contributed by atoms with Crippen LogP contribution in [0.2, 0.25) is 0 Å². The van der Waals surface area contributed by atoms with E-state index in [4.69, 9.17) is 10.8 Å². The number of pyridine rings is 1. The van der Waals surface area contributed by atoms with Crippen LogP contribution in [-0.2, 0) is 11.2 Å². The number of nitrogens with two attached hydrogens (primary N) is 1. The van der Waals surface area contributed by atoms with Gasteiger partial charge >= 0.3 is 5.97 Å². The molecule has 3 rings (SSSR count). The highest BCUT2D eigenvalue weighted by Crippen LogP contribution is 2.16. The second kappa shape index (κ2) is 7.65. The molecule has 1 heterocycles. The van der Waals surface area contributed by atoms with Crippen LogP contribution in [0.15, 0.2) is 60.8 Å². The lowest BCUT2D eigenvalue weighted by Crippen LogP contribution is -2.45. The fourth-order valence-electron chi connectivity index (χ4n) is 2.77. The van der Waals surface area contributed by atoms with Crippen LogP contribution < -0.4 is 11.1 Å². The van der Waals surface area contributed by atoms with Crippen molar-refractivity contribution in [2.75, 3.05) is 0 Å². The van der Waals surface area contributed by atoms with E-state index >= 15 is 0 Å². The summed E-state index contributed by atoms with van der Waals surface area (Å²) in [4.78, 5) is 39.6. The van der Waals surface area contributed by atoms with Gasteiger partial charge in [-0.15, -0.1) is 0 Å². The van der Waals surface area contributed by atoms with Gasteiger partial charge in [0.1, 0.15) is 6.04 Å². The minimum Gasteiger partial charge on any atom is -0.478 e. The average molecular weight is 363 g/mol. The number of nitrogens with zero attached hydrogens (tertiary/aromatic N) is 1. The van der Waals surface area contributed by atoms with Crippen LogP contribution in [0.5, 0.6) is 0 Å². The van der Waals surface area contributed by atoms with E-state index in [2.05, 4.69) is 10.3 Å². The molecule has 1 aromatic heterocycles. The van der Waals surface area contributed by atoms with Gasteiger partial charge in [-0.3, -0.25) is 14.6 Å². The molecule has 0 bridgehead atoms. The summed E-state index contributed by atoms with van der Waals surface area (Å²) < 4.78 is 0. The molecule has 136 valence electrons. The van der Waals surface area contributed by atoms with Crippen LogP contribution in [0.1, 0.15) is 26.3 Å². The molecule has 2 amide bonds. The summed E-state index contributed by atoms with van der Waals surface area (Å²) in [7, 11) is 0. The summed E-state index contributed by atoms with van der Waals surface area (Å²) in [6.07, 6.45) is 1.74. The van der Waals surface area contributed by atoms with Gasteiger partial charge in [0.15, 0.2) is 0 Å². The van der Waals surface area contributed by atoms with Crippen LogP contribution in [0.4, 0.5) is 0 Å². The van der Waals surface area contributed by atoms with Crippen molar-refractivity contribution in [2.24, 2.45) is 5.73 Å². The van der Waals surface area contributed by atoms with E-state index in [1.165, 1.54) is 12.1 Å². The molecule has 27 heavy (non-hydrogen) atoms. The van der Waals surface area contributed by atoms with E-state index in [0.717, 1.165) is 5.39 Å². The molecule has 0 aliphatic rings. The standard InChI is InChI=1S/C20H17N3O4/c21-18(24)16(11-12-6-8-14(9-7-12)20(26)27)23-19(25)15-5-1-3-13-4-2-10-22-17(13)15/h1-10,16H,11H2,(H2,21,24)(H,23,25)(H,26,27)/t16-/m1/s1. The van der Waals surface area contributed by atoms with Gasteiger partial charge < -0.3 is 16.2 Å². The largest absolute Gasteiger partial charge is 0.478 e. The molecule has 0 unspecified atom stereocenters. The Balaban J connectivity index is 1.80. The van der Waals surface area contributed by atoms with E-state index in [0.29, 0.717) is 16.6 Å². The number of primary amides is 1. The zero-order valence-electron chi connectivity index (χ0n) is 14.3. The van der Waals surface area contributed by atoms with E-state index in [9.17, 15) is 14.4 Å². The molecule has 2 aromatic carbocycles. The normalized spacial score (nSPS) is 11.7. The van der Waals surface area contributed by atoms with E-state index in [1.807, 2.05) is 12.1 Å². The number of hydrogen-bond donors (Lipinski definition) is 3. The fraction of sp³-hybridized carbons (Fsp3) is 0.100. The summed E-state index contributed by atoms with van der Waals surface area (Å²) >= 11 is 0. The van der Waals surface area contributed by atoms with Crippen molar-refractivity contribution in [1.82, 2.24) is 10.3 Å². The van der Waals surface area contributed by atoms with Gasteiger partial charge in [-0.25, -0.2) is 4.79 Å². The Morgan fingerprint density at radius 3 is 2.41 bits per heavy atom. The minimum atomic E-state index is -1.04. The number of aromatic nitrogens is 1. The first kappa shape index (κ1) is 18.1. The third-order valence-corrected chi connectivity index (χ3v) is 4.17. The van der Waals surface area contributed by atoms with Crippen LogP contribution in [0, 0.1) is 0 Å². The first-order valence-corrected chi connectivity index (χ1v) is 8.22. The van der Waals surface area contributed by atoms with Crippen molar-refractivity contribution in [1.29, 1.82) is 0 Å². The maximum atomic E-state index is 12.7. The Morgan fingerprint density at radius 2 is 1.74 bits per heavy atom. The number of carbonyl (C=O) groups excluding carboxylic acids is 2. The number of rotatable bonds is 6. The average Bonchev–Trinajstić information content (AvgIpc) is 2.67. The van der Waals surface area contributed by atoms with E-state index in [-0.39, 0.29) is 12.0 Å². The minimum absolute atomic E-state index is 0.139. The second-order valence-corrected chi connectivity index (χ2v) is 6.02. The molecule has 3 aromatic rings. The van der Waals surface area contributed by atoms with Gasteiger partial charge in [-0.05, 0) is 29.8 Å². The Morgan fingerprint density at radius 1 is 1.04 bits per heavy atom. The Bertz CT molecular complexity index is 1010. The maximum Gasteiger partial charge on any atom is 0.335 e. The van der Waals surface area contributed by atoms with E-state index in [1.54, 1.807) is 36.5 Å². The zero-order valence-corrected chi connectivity index (χ0v) is 14.3. The lowest BCUT2D eigenvalue weighted by molar-refractivity contribution is -0.119. The highest BCUT2D eigenvalue weighted by atomic mass is 16.4. The number of para-hydroxylation sites is 1. The van der Waals surface area contributed by atoms with Gasteiger partial charge in [0, 0.05) is 18.0 Å². The van der Waals surface area contributed by atoms with Crippen molar-refractivity contribution >= 4 is 28.7 Å². The Kier molecular flexibility index (Phi) is 5.12. The van der Waals surface area contributed by atoms with Crippen molar-refractivity contribution < 1.29 is 19.5 Å². The summed E-state index contributed by atoms with van der Waals surface area (Å²) in [5.74, 6) is -2.17. The molecule has 0 fully saturated rings. The van der Waals surface area contributed by atoms with Gasteiger partial charge in [-0.1, -0.05) is 30.3 Å². The quantitative estimate of drug-likeness (QED) is 0.616. The highest BCUT2D eigenvalue weighted by molar-refractivity contribution is 6.06. The molecular formula is C20H17N3O4. The molecular weight excluding hydrogens is 346 g/mol. The molecule has 4 N–H and O–H groups in total. The number of carbonyl (C=O) groups is 3. The van der Waals surface area contributed by atoms with Crippen molar-refractivity contribution in [3.8, 4) is 0 Å². The summed E-state index contributed by atoms with van der Waals surface area (Å²) in [6, 6.07) is 13.9. The van der Waals surface area contributed by atoms with Crippen LogP contribution in [0.25, 0.3) is 10.9 Å². The van der Waals surface area contributed by atoms with Crippen molar-refractivity contribution in [2.45, 2.75) is 12.5 Å². The SMILES string of the molecule is NC(=O)[C@@H](Cc1ccc(C(=O)O)cc1)NC(=O)c1cccc2cccnc12. The summed E-state index contributed by atoms with van der Waals surface area (Å²) in [6.45, 7) is 0. The molecule has 0 spiro atoms. The summed E-state index contributed by atoms with van der Waals surface area (Å²) in [5.41, 5.74) is 7.14. The van der Waals surface area contributed by atoms with E-state index < -0.39 is 23.8 Å². The molecule has 7 heteroatoms. The van der Waals surface area contributed by atoms with Crippen LogP contribution in [0.3, 0.4) is 0 Å². The molecule has 7 nitrogen and oxygen atoms in total. The highest BCUT2D eigenvalue weighted by Gasteiger charge is 2.21. The van der Waals surface area contributed by atoms with Crippen molar-refractivity contribution in [3.63, 3.8) is 0 Å². The lowest BCUT2D eigenvalue weighted by Gasteiger charge is -2.16. The predicted molar refractivity (Wildman–Crippen MR) is 99.3 cm³/mol.